The van der Waals surface area contributed by atoms with Crippen LogP contribution in [0.2, 0.25) is 0 Å². The van der Waals surface area contributed by atoms with Gasteiger partial charge in [0, 0.05) is 24.5 Å². The van der Waals surface area contributed by atoms with Gasteiger partial charge in [0.1, 0.15) is 18.1 Å². The molecule has 0 aliphatic rings. The minimum Gasteiger partial charge on any atom is -0.497 e. The quantitative estimate of drug-likeness (QED) is 0.567. The minimum absolute atomic E-state index is 0.693. The largest absolute Gasteiger partial charge is 0.497 e. The molecule has 3 rings (SSSR count). The SMILES string of the molecule is CCN(CC)CCOc1ccc(-n2ccc(Nc3ccc(OC)cc3)n2)cc1. The Morgan fingerprint density at radius 2 is 1.61 bits per heavy atom. The second-order valence-corrected chi connectivity index (χ2v) is 6.37. The van der Waals surface area contributed by atoms with E-state index in [4.69, 9.17) is 9.47 Å². The molecular formula is C22H28N4O2. The van der Waals surface area contributed by atoms with E-state index in [2.05, 4.69) is 29.2 Å². The van der Waals surface area contributed by atoms with E-state index in [1.807, 2.05) is 65.5 Å². The normalized spacial score (nSPS) is 10.9. The van der Waals surface area contributed by atoms with Crippen molar-refractivity contribution in [3.63, 3.8) is 0 Å². The summed E-state index contributed by atoms with van der Waals surface area (Å²) in [5.41, 5.74) is 1.95. The summed E-state index contributed by atoms with van der Waals surface area (Å²) in [6, 6.07) is 17.7. The van der Waals surface area contributed by atoms with Crippen molar-refractivity contribution in [1.29, 1.82) is 0 Å². The Hall–Kier alpha value is -2.99. The lowest BCUT2D eigenvalue weighted by Gasteiger charge is -2.18. The van der Waals surface area contributed by atoms with E-state index in [9.17, 15) is 0 Å². The van der Waals surface area contributed by atoms with Gasteiger partial charge in [-0.15, -0.1) is 0 Å². The molecule has 0 aliphatic heterocycles. The Morgan fingerprint density at radius 1 is 0.929 bits per heavy atom. The van der Waals surface area contributed by atoms with Crippen LogP contribution in [-0.2, 0) is 0 Å². The molecule has 28 heavy (non-hydrogen) atoms. The van der Waals surface area contributed by atoms with Crippen LogP contribution in [0.4, 0.5) is 11.5 Å². The van der Waals surface area contributed by atoms with Crippen LogP contribution in [0.1, 0.15) is 13.8 Å². The highest BCUT2D eigenvalue weighted by molar-refractivity contribution is 5.57. The molecule has 0 atom stereocenters. The van der Waals surface area contributed by atoms with Crippen molar-refractivity contribution < 1.29 is 9.47 Å². The molecule has 6 heteroatoms. The van der Waals surface area contributed by atoms with E-state index in [1.165, 1.54) is 0 Å². The maximum absolute atomic E-state index is 5.84. The zero-order chi connectivity index (χ0) is 19.8. The molecule has 2 aromatic carbocycles. The highest BCUT2D eigenvalue weighted by Gasteiger charge is 2.04. The lowest BCUT2D eigenvalue weighted by atomic mass is 10.3. The first-order valence-corrected chi connectivity index (χ1v) is 9.64. The third kappa shape index (κ3) is 5.27. The topological polar surface area (TPSA) is 51.5 Å². The average molecular weight is 380 g/mol. The fraction of sp³-hybridized carbons (Fsp3) is 0.318. The van der Waals surface area contributed by atoms with E-state index in [0.717, 1.165) is 48.3 Å². The number of methoxy groups -OCH3 is 1. The predicted molar refractivity (Wildman–Crippen MR) is 113 cm³/mol. The Kier molecular flexibility index (Phi) is 6.92. The molecule has 0 spiro atoms. The summed E-state index contributed by atoms with van der Waals surface area (Å²) in [6.45, 7) is 8.06. The smallest absolute Gasteiger partial charge is 0.152 e. The van der Waals surface area contributed by atoms with Crippen LogP contribution in [0.3, 0.4) is 0 Å². The number of aromatic nitrogens is 2. The Balaban J connectivity index is 1.56. The lowest BCUT2D eigenvalue weighted by Crippen LogP contribution is -2.27. The number of hydrogen-bond acceptors (Lipinski definition) is 5. The van der Waals surface area contributed by atoms with Gasteiger partial charge in [0.05, 0.1) is 12.8 Å². The van der Waals surface area contributed by atoms with E-state index in [0.29, 0.717) is 6.61 Å². The van der Waals surface area contributed by atoms with Crippen molar-refractivity contribution in [2.45, 2.75) is 13.8 Å². The molecular weight excluding hydrogens is 352 g/mol. The van der Waals surface area contributed by atoms with Gasteiger partial charge in [0.15, 0.2) is 5.82 Å². The van der Waals surface area contributed by atoms with Crippen molar-refractivity contribution >= 4 is 11.5 Å². The predicted octanol–water partition coefficient (Wildman–Crippen LogP) is 4.35. The van der Waals surface area contributed by atoms with E-state index >= 15 is 0 Å². The molecule has 0 radical (unpaired) electrons. The van der Waals surface area contributed by atoms with Crippen LogP contribution >= 0.6 is 0 Å². The third-order valence-corrected chi connectivity index (χ3v) is 4.62. The molecule has 148 valence electrons. The first-order chi connectivity index (χ1) is 13.7. The molecule has 1 heterocycles. The van der Waals surface area contributed by atoms with Gasteiger partial charge >= 0.3 is 0 Å². The molecule has 0 saturated carbocycles. The molecule has 6 nitrogen and oxygen atoms in total. The Bertz CT molecular complexity index is 840. The summed E-state index contributed by atoms with van der Waals surface area (Å²) in [5.74, 6) is 2.49. The van der Waals surface area contributed by atoms with E-state index in [-0.39, 0.29) is 0 Å². The molecule has 3 aromatic rings. The Labute approximate surface area is 166 Å². The highest BCUT2D eigenvalue weighted by atomic mass is 16.5. The molecule has 1 aromatic heterocycles. The van der Waals surface area contributed by atoms with Gasteiger partial charge in [-0.25, -0.2) is 4.68 Å². The average Bonchev–Trinajstić information content (AvgIpc) is 3.21. The first-order valence-electron chi connectivity index (χ1n) is 9.64. The van der Waals surface area contributed by atoms with Gasteiger partial charge < -0.3 is 19.7 Å². The summed E-state index contributed by atoms with van der Waals surface area (Å²) in [4.78, 5) is 2.34. The van der Waals surface area contributed by atoms with Gasteiger partial charge in [0.2, 0.25) is 0 Å². The Morgan fingerprint density at radius 3 is 2.25 bits per heavy atom. The number of ether oxygens (including phenoxy) is 2. The highest BCUT2D eigenvalue weighted by Crippen LogP contribution is 2.20. The first kappa shape index (κ1) is 19.8. The summed E-state index contributed by atoms with van der Waals surface area (Å²) < 4.78 is 12.9. The monoisotopic (exact) mass is 380 g/mol. The number of nitrogens with one attached hydrogen (secondary N) is 1. The zero-order valence-corrected chi connectivity index (χ0v) is 16.8. The van der Waals surface area contributed by atoms with Crippen LogP contribution < -0.4 is 14.8 Å². The van der Waals surface area contributed by atoms with Crippen LogP contribution in [-0.4, -0.2) is 48.0 Å². The van der Waals surface area contributed by atoms with Crippen LogP contribution in [0, 0.1) is 0 Å². The molecule has 0 saturated heterocycles. The van der Waals surface area contributed by atoms with Gasteiger partial charge in [-0.05, 0) is 61.6 Å². The van der Waals surface area contributed by atoms with Crippen molar-refractivity contribution in [1.82, 2.24) is 14.7 Å². The van der Waals surface area contributed by atoms with Crippen molar-refractivity contribution in [2.75, 3.05) is 38.7 Å². The number of nitrogens with zero attached hydrogens (tertiary/aromatic N) is 3. The fourth-order valence-corrected chi connectivity index (χ4v) is 2.88. The number of rotatable bonds is 10. The molecule has 0 amide bonds. The standard InChI is InChI=1S/C22H28N4O2/c1-4-25(5-2)16-17-28-21-12-8-19(9-13-21)26-15-14-22(24-26)23-18-6-10-20(27-3)11-7-18/h6-15H,4-5,16-17H2,1-3H3,(H,23,24). The molecule has 1 N–H and O–H groups in total. The van der Waals surface area contributed by atoms with Gasteiger partial charge in [-0.1, -0.05) is 13.8 Å². The number of benzene rings is 2. The molecule has 0 bridgehead atoms. The summed E-state index contributed by atoms with van der Waals surface area (Å²) >= 11 is 0. The zero-order valence-electron chi connectivity index (χ0n) is 16.8. The lowest BCUT2D eigenvalue weighted by molar-refractivity contribution is 0.223. The maximum atomic E-state index is 5.84. The fourth-order valence-electron chi connectivity index (χ4n) is 2.88. The number of anilines is 2. The van der Waals surface area contributed by atoms with Gasteiger partial charge in [0.25, 0.3) is 0 Å². The number of hydrogen-bond donors (Lipinski definition) is 1. The summed E-state index contributed by atoms with van der Waals surface area (Å²) in [6.07, 6.45) is 1.93. The third-order valence-electron chi connectivity index (χ3n) is 4.62. The summed E-state index contributed by atoms with van der Waals surface area (Å²) in [5, 5.41) is 7.87. The molecule has 0 unspecified atom stereocenters. The van der Waals surface area contributed by atoms with Crippen LogP contribution in [0.25, 0.3) is 5.69 Å². The minimum atomic E-state index is 0.693. The maximum Gasteiger partial charge on any atom is 0.152 e. The van der Waals surface area contributed by atoms with Crippen LogP contribution in [0.5, 0.6) is 11.5 Å². The summed E-state index contributed by atoms with van der Waals surface area (Å²) in [7, 11) is 1.66. The second-order valence-electron chi connectivity index (χ2n) is 6.37. The van der Waals surface area contributed by atoms with E-state index in [1.54, 1.807) is 7.11 Å². The van der Waals surface area contributed by atoms with E-state index < -0.39 is 0 Å². The second kappa shape index (κ2) is 9.80. The van der Waals surface area contributed by atoms with Gasteiger partial charge in [-0.2, -0.15) is 5.10 Å². The number of likely N-dealkylation sites (N-methyl/N-ethyl adjacent to an activating group) is 1. The van der Waals surface area contributed by atoms with Crippen molar-refractivity contribution in [2.24, 2.45) is 0 Å². The van der Waals surface area contributed by atoms with Crippen LogP contribution in [0.15, 0.2) is 60.8 Å². The van der Waals surface area contributed by atoms with Crippen molar-refractivity contribution in [3.05, 3.63) is 60.8 Å². The molecule has 0 aliphatic carbocycles. The molecule has 0 fully saturated rings. The van der Waals surface area contributed by atoms with Gasteiger partial charge in [-0.3, -0.25) is 0 Å². The van der Waals surface area contributed by atoms with Crippen molar-refractivity contribution in [3.8, 4) is 17.2 Å².